The Kier molecular flexibility index (Phi) is 7.07. The first-order valence-electron chi connectivity index (χ1n) is 15.0. The summed E-state index contributed by atoms with van der Waals surface area (Å²) in [6.07, 6.45) is 2.97. The highest BCUT2D eigenvalue weighted by molar-refractivity contribution is 5.92. The number of hydrogen-bond acceptors (Lipinski definition) is 6. The Bertz CT molecular complexity index is 1880. The van der Waals surface area contributed by atoms with Crippen molar-refractivity contribution in [3.8, 4) is 16.9 Å². The number of anilines is 1. The molecule has 42 heavy (non-hydrogen) atoms. The number of fused-ring (bicyclic) bond motifs is 1. The monoisotopic (exact) mass is 568 g/mol. The van der Waals surface area contributed by atoms with Crippen LogP contribution in [0.4, 0.5) is 10.2 Å². The van der Waals surface area contributed by atoms with Gasteiger partial charge in [-0.3, -0.25) is 9.78 Å². The molecule has 0 radical (unpaired) electrons. The molecule has 0 spiro atoms. The van der Waals surface area contributed by atoms with E-state index < -0.39 is 18.0 Å². The summed E-state index contributed by atoms with van der Waals surface area (Å²) in [5.74, 6) is -0.568. The number of carbonyl (C=O) groups is 1. The third-order valence-electron chi connectivity index (χ3n) is 7.70. The second kappa shape index (κ2) is 11.3. The van der Waals surface area contributed by atoms with E-state index in [2.05, 4.69) is 16.5 Å². The molecular formula is C33H35FN6O2. The van der Waals surface area contributed by atoms with Gasteiger partial charge in [0, 0.05) is 37.4 Å². The Morgan fingerprint density at radius 3 is 2.67 bits per heavy atom. The molecule has 8 nitrogen and oxygen atoms in total. The van der Waals surface area contributed by atoms with E-state index in [1.807, 2.05) is 38.7 Å². The number of benzene rings is 1. The molecule has 0 N–H and O–H groups in total. The Labute approximate surface area is 247 Å². The zero-order valence-corrected chi connectivity index (χ0v) is 24.5. The van der Waals surface area contributed by atoms with Crippen molar-refractivity contribution >= 4 is 28.3 Å². The molecule has 3 aromatic heterocycles. The second-order valence-corrected chi connectivity index (χ2v) is 11.0. The minimum absolute atomic E-state index is 0.0129. The lowest BCUT2D eigenvalue weighted by Gasteiger charge is -2.40. The maximum Gasteiger partial charge on any atom is 0.355 e. The average Bonchev–Trinajstić information content (AvgIpc) is 3.00. The lowest BCUT2D eigenvalue weighted by molar-refractivity contribution is -0.126. The van der Waals surface area contributed by atoms with Gasteiger partial charge in [-0.05, 0) is 56.0 Å². The molecule has 1 aliphatic heterocycles. The zero-order chi connectivity index (χ0) is 31.9. The molecule has 4 aromatic rings. The quantitative estimate of drug-likeness (QED) is 0.279. The molecule has 4 heterocycles. The van der Waals surface area contributed by atoms with Crippen molar-refractivity contribution in [2.45, 2.75) is 46.6 Å². The van der Waals surface area contributed by atoms with Crippen molar-refractivity contribution < 1.29 is 11.9 Å². The van der Waals surface area contributed by atoms with Crippen molar-refractivity contribution in [1.29, 1.82) is 0 Å². The van der Waals surface area contributed by atoms with E-state index in [0.717, 1.165) is 5.56 Å². The number of piperazine rings is 1. The van der Waals surface area contributed by atoms with Crippen molar-refractivity contribution in [2.75, 3.05) is 24.5 Å². The number of hydrogen-bond donors (Lipinski definition) is 0. The fourth-order valence-electron chi connectivity index (χ4n) is 5.62. The fraction of sp³-hybridized carbons (Fsp3) is 0.303. The normalized spacial score (nSPS) is 15.9. The molecule has 0 bridgehead atoms. The van der Waals surface area contributed by atoms with Crippen LogP contribution in [0, 0.1) is 12.7 Å². The Balaban J connectivity index is 1.84. The first-order chi connectivity index (χ1) is 20.9. The zero-order valence-electron chi connectivity index (χ0n) is 26.5. The van der Waals surface area contributed by atoms with E-state index in [-0.39, 0.29) is 35.0 Å². The van der Waals surface area contributed by atoms with Gasteiger partial charge in [-0.2, -0.15) is 4.98 Å². The van der Waals surface area contributed by atoms with Gasteiger partial charge in [0.15, 0.2) is 5.65 Å². The van der Waals surface area contributed by atoms with Crippen LogP contribution in [0.25, 0.3) is 33.6 Å². The second-order valence-electron chi connectivity index (χ2n) is 11.0. The van der Waals surface area contributed by atoms with Crippen molar-refractivity contribution in [3.63, 3.8) is 0 Å². The number of aryl methyl sites for hydroxylation is 1. The van der Waals surface area contributed by atoms with E-state index in [1.165, 1.54) is 16.7 Å². The summed E-state index contributed by atoms with van der Waals surface area (Å²) < 4.78 is 33.4. The summed E-state index contributed by atoms with van der Waals surface area (Å²) >= 11 is 0. The first-order valence-corrected chi connectivity index (χ1v) is 14.0. The standard InChI is InChI=1S/C33H35FN6O2/c1-8-27(41)38-15-16-39(22(7)18-38)31-25-17-26(34)29(24-12-10-9-11-23(24)19(2)3)36-32(25)40(33(42)37-31)30-21(6)13-14-35-28(30)20(4)5/h8-14,17,20,22H,1-2,15-16,18H2,3-7H3/t22-/m0/s1/i2D2. The molecule has 9 heteroatoms. The summed E-state index contributed by atoms with van der Waals surface area (Å²) in [5, 5.41) is 0.338. The maximum absolute atomic E-state index is 16.2. The SMILES string of the molecule is [2H]C([2H])=C(C)c1ccccc1-c1nc2c(cc1F)c(N1CCN(C(=O)C=C)C[C@@H]1C)nc(=O)n2-c1c(C)ccnc1C(C)C. The first kappa shape index (κ1) is 26.3. The predicted molar refractivity (Wildman–Crippen MR) is 165 cm³/mol. The summed E-state index contributed by atoms with van der Waals surface area (Å²) in [6.45, 7) is 13.7. The van der Waals surface area contributed by atoms with E-state index in [1.54, 1.807) is 42.3 Å². The third kappa shape index (κ3) is 5.00. The number of nitrogens with zero attached hydrogens (tertiary/aromatic N) is 6. The van der Waals surface area contributed by atoms with Gasteiger partial charge < -0.3 is 9.80 Å². The lowest BCUT2D eigenvalue weighted by atomic mass is 9.98. The molecule has 1 amide bonds. The minimum Gasteiger partial charge on any atom is -0.350 e. The number of carbonyl (C=O) groups excluding carboxylic acids is 1. The molecule has 0 aliphatic carbocycles. The molecular weight excluding hydrogens is 531 g/mol. The highest BCUT2D eigenvalue weighted by Crippen LogP contribution is 2.35. The van der Waals surface area contributed by atoms with Crippen molar-refractivity contribution in [3.05, 3.63) is 94.9 Å². The van der Waals surface area contributed by atoms with Gasteiger partial charge >= 0.3 is 5.69 Å². The van der Waals surface area contributed by atoms with Crippen molar-refractivity contribution in [1.82, 2.24) is 24.4 Å². The highest BCUT2D eigenvalue weighted by Gasteiger charge is 2.30. The van der Waals surface area contributed by atoms with Gasteiger partial charge in [-0.25, -0.2) is 18.7 Å². The van der Waals surface area contributed by atoms with Crippen LogP contribution in [0.15, 0.2) is 66.6 Å². The van der Waals surface area contributed by atoms with Gasteiger partial charge in [0.05, 0.1) is 19.5 Å². The minimum atomic E-state index is -0.636. The predicted octanol–water partition coefficient (Wildman–Crippen LogP) is 5.67. The van der Waals surface area contributed by atoms with E-state index in [9.17, 15) is 9.59 Å². The average molecular weight is 569 g/mol. The van der Waals surface area contributed by atoms with E-state index >= 15 is 4.39 Å². The summed E-state index contributed by atoms with van der Waals surface area (Å²) in [6, 6.07) is 9.84. The van der Waals surface area contributed by atoms with Gasteiger partial charge in [-0.1, -0.05) is 56.8 Å². The number of aromatic nitrogens is 4. The van der Waals surface area contributed by atoms with Crippen LogP contribution in [-0.2, 0) is 4.79 Å². The van der Waals surface area contributed by atoms with Crippen molar-refractivity contribution in [2.24, 2.45) is 0 Å². The Morgan fingerprint density at radius 2 is 1.98 bits per heavy atom. The van der Waals surface area contributed by atoms with E-state index in [4.69, 9.17) is 7.73 Å². The molecule has 0 unspecified atom stereocenters. The summed E-state index contributed by atoms with van der Waals surface area (Å²) in [4.78, 5) is 43.9. The largest absolute Gasteiger partial charge is 0.355 e. The molecule has 216 valence electrons. The molecule has 5 rings (SSSR count). The number of pyridine rings is 2. The molecule has 1 fully saturated rings. The van der Waals surface area contributed by atoms with Gasteiger partial charge in [0.2, 0.25) is 5.91 Å². The molecule has 0 saturated carbocycles. The molecule has 1 aliphatic rings. The number of halogens is 1. The van der Waals surface area contributed by atoms with Crippen LogP contribution in [0.5, 0.6) is 0 Å². The van der Waals surface area contributed by atoms with Gasteiger partial charge in [0.25, 0.3) is 0 Å². The van der Waals surface area contributed by atoms with Crippen LogP contribution in [0.3, 0.4) is 0 Å². The van der Waals surface area contributed by atoms with E-state index in [0.29, 0.717) is 53.1 Å². The Morgan fingerprint density at radius 1 is 1.21 bits per heavy atom. The highest BCUT2D eigenvalue weighted by atomic mass is 19.1. The van der Waals surface area contributed by atoms with Crippen LogP contribution in [0.1, 0.15) is 53.2 Å². The van der Waals surface area contributed by atoms with Gasteiger partial charge in [-0.15, -0.1) is 0 Å². The molecule has 1 atom stereocenters. The molecule has 1 aromatic carbocycles. The maximum atomic E-state index is 16.2. The van der Waals surface area contributed by atoms with Crippen LogP contribution in [0.2, 0.25) is 0 Å². The number of rotatable bonds is 6. The van der Waals surface area contributed by atoms with Crippen LogP contribution < -0.4 is 10.6 Å². The van der Waals surface area contributed by atoms with Crippen LogP contribution >= 0.6 is 0 Å². The van der Waals surface area contributed by atoms with Crippen LogP contribution in [-0.4, -0.2) is 56.0 Å². The smallest absolute Gasteiger partial charge is 0.350 e. The Hall–Kier alpha value is -4.66. The number of amides is 1. The van der Waals surface area contributed by atoms with Gasteiger partial charge in [0.1, 0.15) is 17.3 Å². The fourth-order valence-corrected chi connectivity index (χ4v) is 5.62. The lowest BCUT2D eigenvalue weighted by Crippen LogP contribution is -2.54. The number of allylic oxidation sites excluding steroid dienone is 1. The summed E-state index contributed by atoms with van der Waals surface area (Å²) in [5.41, 5.74) is 2.87. The summed E-state index contributed by atoms with van der Waals surface area (Å²) in [7, 11) is 0. The topological polar surface area (TPSA) is 84.2 Å². The third-order valence-corrected chi connectivity index (χ3v) is 7.70. The molecule has 1 saturated heterocycles.